The van der Waals surface area contributed by atoms with Gasteiger partial charge in [-0.1, -0.05) is 20.3 Å². The molecule has 1 aliphatic rings. The molecule has 0 heterocycles. The van der Waals surface area contributed by atoms with Crippen LogP contribution in [0.4, 0.5) is 0 Å². The van der Waals surface area contributed by atoms with Crippen LogP contribution in [-0.4, -0.2) is 26.3 Å². The van der Waals surface area contributed by atoms with Gasteiger partial charge in [-0.25, -0.2) is 0 Å². The average Bonchev–Trinajstić information content (AvgIpc) is 2.09. The number of ether oxygens (including phenoxy) is 1. The Morgan fingerprint density at radius 2 is 2.14 bits per heavy atom. The van der Waals surface area contributed by atoms with Crippen LogP contribution in [0.5, 0.6) is 0 Å². The van der Waals surface area contributed by atoms with E-state index in [0.29, 0.717) is 6.10 Å². The Balaban J connectivity index is 1.95. The van der Waals surface area contributed by atoms with E-state index in [2.05, 4.69) is 19.2 Å². The normalized spacial score (nSPS) is 28.5. The molecule has 0 aromatic rings. The Labute approximate surface area is 88.4 Å². The molecule has 1 aliphatic carbocycles. The van der Waals surface area contributed by atoms with Crippen molar-refractivity contribution >= 4 is 0 Å². The third kappa shape index (κ3) is 3.97. The first-order valence-electron chi connectivity index (χ1n) is 6.02. The predicted octanol–water partition coefficient (Wildman–Crippen LogP) is 2.44. The van der Waals surface area contributed by atoms with Gasteiger partial charge in [0.25, 0.3) is 0 Å². The third-order valence-electron chi connectivity index (χ3n) is 3.08. The molecule has 0 aromatic carbocycles. The summed E-state index contributed by atoms with van der Waals surface area (Å²) in [6, 6.07) is 0. The molecular formula is C12H25NO. The van der Waals surface area contributed by atoms with Crippen molar-refractivity contribution < 1.29 is 4.74 Å². The van der Waals surface area contributed by atoms with E-state index >= 15 is 0 Å². The van der Waals surface area contributed by atoms with Crippen molar-refractivity contribution in [1.82, 2.24) is 5.32 Å². The fourth-order valence-electron chi connectivity index (χ4n) is 2.14. The lowest BCUT2D eigenvalue weighted by Gasteiger charge is -2.35. The molecule has 1 atom stereocenters. The molecule has 0 radical (unpaired) electrons. The maximum atomic E-state index is 5.84. The smallest absolute Gasteiger partial charge is 0.0581 e. The molecular weight excluding hydrogens is 174 g/mol. The zero-order chi connectivity index (χ0) is 10.4. The summed E-state index contributed by atoms with van der Waals surface area (Å²) in [5.41, 5.74) is 0. The minimum atomic E-state index is 0.563. The van der Waals surface area contributed by atoms with E-state index in [9.17, 15) is 0 Å². The van der Waals surface area contributed by atoms with Gasteiger partial charge in [0, 0.05) is 6.61 Å². The largest absolute Gasteiger partial charge is 0.378 e. The van der Waals surface area contributed by atoms with Gasteiger partial charge in [-0.05, 0) is 44.7 Å². The molecule has 0 saturated heterocycles. The van der Waals surface area contributed by atoms with Gasteiger partial charge in [0.2, 0.25) is 0 Å². The van der Waals surface area contributed by atoms with E-state index in [1.807, 2.05) is 7.05 Å². The van der Waals surface area contributed by atoms with Crippen LogP contribution in [-0.2, 0) is 4.74 Å². The lowest BCUT2D eigenvalue weighted by Crippen LogP contribution is -2.37. The minimum Gasteiger partial charge on any atom is -0.378 e. The van der Waals surface area contributed by atoms with Gasteiger partial charge in [0.15, 0.2) is 0 Å². The van der Waals surface area contributed by atoms with Gasteiger partial charge in [0.1, 0.15) is 0 Å². The monoisotopic (exact) mass is 199 g/mol. The Morgan fingerprint density at radius 3 is 2.71 bits per heavy atom. The second-order valence-electron chi connectivity index (χ2n) is 4.74. The Bertz CT molecular complexity index is 143. The van der Waals surface area contributed by atoms with Crippen LogP contribution >= 0.6 is 0 Å². The molecule has 2 heteroatoms. The average molecular weight is 199 g/mol. The van der Waals surface area contributed by atoms with Crippen molar-refractivity contribution in [3.05, 3.63) is 0 Å². The van der Waals surface area contributed by atoms with Gasteiger partial charge >= 0.3 is 0 Å². The zero-order valence-electron chi connectivity index (χ0n) is 9.88. The summed E-state index contributed by atoms with van der Waals surface area (Å²) in [7, 11) is 2.03. The van der Waals surface area contributed by atoms with E-state index in [1.165, 1.54) is 25.7 Å². The molecule has 0 aliphatic heterocycles. The first-order chi connectivity index (χ1) is 6.76. The topological polar surface area (TPSA) is 21.3 Å². The summed E-state index contributed by atoms with van der Waals surface area (Å²) < 4.78 is 5.84. The molecule has 1 rings (SSSR count). The molecule has 0 amide bonds. The van der Waals surface area contributed by atoms with E-state index < -0.39 is 0 Å². The highest BCUT2D eigenvalue weighted by atomic mass is 16.5. The van der Waals surface area contributed by atoms with E-state index in [0.717, 1.165) is 25.0 Å². The first kappa shape index (κ1) is 12.0. The van der Waals surface area contributed by atoms with Crippen molar-refractivity contribution in [1.29, 1.82) is 0 Å². The predicted molar refractivity (Wildman–Crippen MR) is 60.5 cm³/mol. The van der Waals surface area contributed by atoms with Crippen molar-refractivity contribution in [3.8, 4) is 0 Å². The summed E-state index contributed by atoms with van der Waals surface area (Å²) >= 11 is 0. The molecule has 0 aromatic heterocycles. The molecule has 1 fully saturated rings. The summed E-state index contributed by atoms with van der Waals surface area (Å²) in [6.45, 7) is 6.64. The van der Waals surface area contributed by atoms with Crippen molar-refractivity contribution in [2.75, 3.05) is 20.2 Å². The van der Waals surface area contributed by atoms with Crippen molar-refractivity contribution in [2.45, 2.75) is 45.6 Å². The van der Waals surface area contributed by atoms with Crippen LogP contribution in [0, 0.1) is 11.8 Å². The zero-order valence-corrected chi connectivity index (χ0v) is 9.88. The van der Waals surface area contributed by atoms with Crippen LogP contribution in [0.1, 0.15) is 39.5 Å². The lowest BCUT2D eigenvalue weighted by molar-refractivity contribution is -0.0426. The van der Waals surface area contributed by atoms with Gasteiger partial charge in [-0.3, -0.25) is 0 Å². The molecule has 0 bridgehead atoms. The quantitative estimate of drug-likeness (QED) is 0.680. The molecule has 1 saturated carbocycles. The second kappa shape index (κ2) is 6.41. The fraction of sp³-hybridized carbons (Fsp3) is 1.00. The van der Waals surface area contributed by atoms with Crippen molar-refractivity contribution in [2.24, 2.45) is 11.8 Å². The lowest BCUT2D eigenvalue weighted by atomic mass is 9.82. The standard InChI is InChI=1S/C12H25NO/c1-4-5-10(2)9-14-12-6-11(7-12)8-13-3/h10-13H,4-9H2,1-3H3. The summed E-state index contributed by atoms with van der Waals surface area (Å²) in [6.07, 6.45) is 5.66. The van der Waals surface area contributed by atoms with E-state index in [-0.39, 0.29) is 0 Å². The van der Waals surface area contributed by atoms with Gasteiger partial charge in [-0.15, -0.1) is 0 Å². The maximum Gasteiger partial charge on any atom is 0.0581 e. The highest BCUT2D eigenvalue weighted by Crippen LogP contribution is 2.29. The highest BCUT2D eigenvalue weighted by Gasteiger charge is 2.29. The molecule has 84 valence electrons. The minimum absolute atomic E-state index is 0.563. The van der Waals surface area contributed by atoms with Gasteiger partial charge in [0.05, 0.1) is 6.10 Å². The van der Waals surface area contributed by atoms with Crippen LogP contribution in [0.2, 0.25) is 0 Å². The van der Waals surface area contributed by atoms with Crippen LogP contribution in [0.15, 0.2) is 0 Å². The van der Waals surface area contributed by atoms with Crippen molar-refractivity contribution in [3.63, 3.8) is 0 Å². The van der Waals surface area contributed by atoms with E-state index in [1.54, 1.807) is 0 Å². The molecule has 0 spiro atoms. The number of hydrogen-bond acceptors (Lipinski definition) is 2. The van der Waals surface area contributed by atoms with Crippen LogP contribution in [0.25, 0.3) is 0 Å². The third-order valence-corrected chi connectivity index (χ3v) is 3.08. The molecule has 1 N–H and O–H groups in total. The Morgan fingerprint density at radius 1 is 1.43 bits per heavy atom. The van der Waals surface area contributed by atoms with Crippen LogP contribution < -0.4 is 5.32 Å². The van der Waals surface area contributed by atoms with Crippen LogP contribution in [0.3, 0.4) is 0 Å². The van der Waals surface area contributed by atoms with E-state index in [4.69, 9.17) is 4.74 Å². The SMILES string of the molecule is CCCC(C)COC1CC(CNC)C1. The second-order valence-corrected chi connectivity index (χ2v) is 4.74. The van der Waals surface area contributed by atoms with Gasteiger partial charge < -0.3 is 10.1 Å². The number of nitrogens with one attached hydrogen (secondary N) is 1. The number of rotatable bonds is 7. The fourth-order valence-corrected chi connectivity index (χ4v) is 2.14. The number of hydrogen-bond donors (Lipinski definition) is 1. The maximum absolute atomic E-state index is 5.84. The molecule has 14 heavy (non-hydrogen) atoms. The first-order valence-corrected chi connectivity index (χ1v) is 6.02. The highest BCUT2D eigenvalue weighted by molar-refractivity contribution is 4.81. The summed E-state index contributed by atoms with van der Waals surface area (Å²) in [4.78, 5) is 0. The Hall–Kier alpha value is -0.0800. The summed E-state index contributed by atoms with van der Waals surface area (Å²) in [5, 5.41) is 3.22. The molecule has 2 nitrogen and oxygen atoms in total. The van der Waals surface area contributed by atoms with Gasteiger partial charge in [-0.2, -0.15) is 0 Å². The molecule has 1 unspecified atom stereocenters. The Kier molecular flexibility index (Phi) is 5.49. The summed E-state index contributed by atoms with van der Waals surface area (Å²) in [5.74, 6) is 1.61.